The molecular weight excluding hydrogens is 302 g/mol. The number of aryl methyl sites for hydroxylation is 1. The third-order valence-electron chi connectivity index (χ3n) is 5.29. The lowest BCUT2D eigenvalue weighted by Crippen LogP contribution is -2.18. The minimum atomic E-state index is 1.19. The van der Waals surface area contributed by atoms with Crippen molar-refractivity contribution in [3.63, 3.8) is 0 Å². The molecule has 1 nitrogen and oxygen atoms in total. The fraction of sp³-hybridized carbons (Fsp3) is 0.750. The maximum atomic E-state index is 2.41. The smallest absolute Gasteiger partial charge is 0.0363 e. The van der Waals surface area contributed by atoms with E-state index >= 15 is 0 Å². The second-order valence-electron chi connectivity index (χ2n) is 7.73. The number of hydrogen-bond donors (Lipinski definition) is 0. The molecule has 0 aliphatic carbocycles. The van der Waals surface area contributed by atoms with Crippen molar-refractivity contribution in [3.05, 3.63) is 29.8 Å². The van der Waals surface area contributed by atoms with Crippen molar-refractivity contribution in [3.8, 4) is 0 Å². The summed E-state index contributed by atoms with van der Waals surface area (Å²) in [7, 11) is 2.23. The zero-order valence-corrected chi connectivity index (χ0v) is 17.4. The Morgan fingerprint density at radius 2 is 1.08 bits per heavy atom. The summed E-state index contributed by atoms with van der Waals surface area (Å²) >= 11 is 0. The van der Waals surface area contributed by atoms with Crippen LogP contribution in [0.4, 0.5) is 5.69 Å². The molecule has 1 heteroatoms. The molecule has 0 fully saturated rings. The molecule has 0 heterocycles. The molecule has 0 aliphatic heterocycles. The van der Waals surface area contributed by atoms with Gasteiger partial charge in [0.2, 0.25) is 0 Å². The van der Waals surface area contributed by atoms with Crippen LogP contribution in [0.5, 0.6) is 0 Å². The molecule has 144 valence electrons. The maximum Gasteiger partial charge on any atom is 0.0363 e. The second-order valence-corrected chi connectivity index (χ2v) is 7.73. The normalized spacial score (nSPS) is 11.0. The van der Waals surface area contributed by atoms with E-state index in [4.69, 9.17) is 0 Å². The van der Waals surface area contributed by atoms with Crippen LogP contribution in [-0.4, -0.2) is 13.6 Å². The Morgan fingerprint density at radius 1 is 0.600 bits per heavy atom. The fourth-order valence-corrected chi connectivity index (χ4v) is 3.44. The van der Waals surface area contributed by atoms with Crippen molar-refractivity contribution < 1.29 is 0 Å². The predicted molar refractivity (Wildman–Crippen MR) is 115 cm³/mol. The Bertz CT molecular complexity index is 395. The molecule has 1 aromatic rings. The summed E-state index contributed by atoms with van der Waals surface area (Å²) in [4.78, 5) is 2.41. The zero-order valence-electron chi connectivity index (χ0n) is 17.4. The first kappa shape index (κ1) is 22.1. The standard InChI is InChI=1S/C24H43N/c1-4-6-8-9-10-11-12-13-14-15-16-22-25(3)24-20-18-23(19-21-24)17-7-5-2/h18-21H,4-17,22H2,1-3H3. The maximum absolute atomic E-state index is 2.41. The van der Waals surface area contributed by atoms with Gasteiger partial charge in [-0.05, 0) is 37.0 Å². The molecule has 0 aliphatic rings. The molecule has 0 saturated heterocycles. The minimum absolute atomic E-state index is 1.19. The number of rotatable bonds is 16. The molecular formula is C24H43N. The first-order valence-electron chi connectivity index (χ1n) is 11.1. The molecule has 0 radical (unpaired) electrons. The van der Waals surface area contributed by atoms with Gasteiger partial charge in [-0.15, -0.1) is 0 Å². The quantitative estimate of drug-likeness (QED) is 0.276. The average Bonchev–Trinajstić information content (AvgIpc) is 2.64. The summed E-state index contributed by atoms with van der Waals surface area (Å²) in [5.74, 6) is 0. The van der Waals surface area contributed by atoms with Gasteiger partial charge in [-0.3, -0.25) is 0 Å². The van der Waals surface area contributed by atoms with Gasteiger partial charge in [0, 0.05) is 19.3 Å². The van der Waals surface area contributed by atoms with Crippen LogP contribution in [0.15, 0.2) is 24.3 Å². The van der Waals surface area contributed by atoms with Crippen molar-refractivity contribution in [2.45, 2.75) is 104 Å². The molecule has 1 aromatic carbocycles. The van der Waals surface area contributed by atoms with E-state index in [0.29, 0.717) is 0 Å². The molecule has 0 unspecified atom stereocenters. The first-order valence-corrected chi connectivity index (χ1v) is 11.1. The van der Waals surface area contributed by atoms with Gasteiger partial charge < -0.3 is 4.90 Å². The highest BCUT2D eigenvalue weighted by Gasteiger charge is 2.01. The summed E-state index contributed by atoms with van der Waals surface area (Å²) in [6, 6.07) is 9.21. The van der Waals surface area contributed by atoms with Crippen LogP contribution in [0.25, 0.3) is 0 Å². The van der Waals surface area contributed by atoms with Crippen LogP contribution in [0.3, 0.4) is 0 Å². The van der Waals surface area contributed by atoms with Gasteiger partial charge in [0.15, 0.2) is 0 Å². The molecule has 0 N–H and O–H groups in total. The summed E-state index contributed by atoms with van der Waals surface area (Å²) in [5, 5.41) is 0. The number of hydrogen-bond acceptors (Lipinski definition) is 1. The second kappa shape index (κ2) is 15.3. The predicted octanol–water partition coefficient (Wildman–Crippen LogP) is 7.78. The van der Waals surface area contributed by atoms with Crippen LogP contribution in [0, 0.1) is 0 Å². The van der Waals surface area contributed by atoms with E-state index in [0.717, 1.165) is 0 Å². The van der Waals surface area contributed by atoms with Gasteiger partial charge in [0.25, 0.3) is 0 Å². The molecule has 0 atom stereocenters. The highest BCUT2D eigenvalue weighted by atomic mass is 15.1. The Morgan fingerprint density at radius 3 is 1.60 bits per heavy atom. The zero-order chi connectivity index (χ0) is 18.2. The van der Waals surface area contributed by atoms with E-state index in [1.165, 1.54) is 108 Å². The van der Waals surface area contributed by atoms with Crippen molar-refractivity contribution in [2.24, 2.45) is 0 Å². The molecule has 0 aromatic heterocycles. The summed E-state index contributed by atoms with van der Waals surface area (Å²) < 4.78 is 0. The highest BCUT2D eigenvalue weighted by molar-refractivity contribution is 5.46. The summed E-state index contributed by atoms with van der Waals surface area (Å²) in [5.41, 5.74) is 2.85. The minimum Gasteiger partial charge on any atom is -0.375 e. The van der Waals surface area contributed by atoms with Gasteiger partial charge in [-0.1, -0.05) is 96.6 Å². The average molecular weight is 346 g/mol. The van der Waals surface area contributed by atoms with E-state index in [-0.39, 0.29) is 0 Å². The number of nitrogens with zero attached hydrogens (tertiary/aromatic N) is 1. The van der Waals surface area contributed by atoms with Gasteiger partial charge in [-0.2, -0.15) is 0 Å². The van der Waals surface area contributed by atoms with E-state index in [1.807, 2.05) is 0 Å². The fourth-order valence-electron chi connectivity index (χ4n) is 3.44. The lowest BCUT2D eigenvalue weighted by Gasteiger charge is -2.19. The topological polar surface area (TPSA) is 3.24 Å². The van der Waals surface area contributed by atoms with E-state index < -0.39 is 0 Å². The monoisotopic (exact) mass is 345 g/mol. The lowest BCUT2D eigenvalue weighted by molar-refractivity contribution is 0.549. The summed E-state index contributed by atoms with van der Waals surface area (Å²) in [6.45, 7) is 5.74. The Hall–Kier alpha value is -0.980. The van der Waals surface area contributed by atoms with Gasteiger partial charge in [0.05, 0.1) is 0 Å². The molecule has 0 spiro atoms. The van der Waals surface area contributed by atoms with Crippen molar-refractivity contribution >= 4 is 5.69 Å². The molecule has 0 saturated carbocycles. The van der Waals surface area contributed by atoms with Gasteiger partial charge >= 0.3 is 0 Å². The Labute approximate surface area is 158 Å². The molecule has 0 amide bonds. The van der Waals surface area contributed by atoms with Crippen molar-refractivity contribution in [2.75, 3.05) is 18.5 Å². The van der Waals surface area contributed by atoms with Crippen LogP contribution < -0.4 is 4.90 Å². The third-order valence-corrected chi connectivity index (χ3v) is 5.29. The van der Waals surface area contributed by atoms with Crippen LogP contribution >= 0.6 is 0 Å². The van der Waals surface area contributed by atoms with Crippen LogP contribution in [-0.2, 0) is 6.42 Å². The highest BCUT2D eigenvalue weighted by Crippen LogP contribution is 2.17. The number of unbranched alkanes of at least 4 members (excludes halogenated alkanes) is 11. The van der Waals surface area contributed by atoms with E-state index in [9.17, 15) is 0 Å². The number of benzene rings is 1. The van der Waals surface area contributed by atoms with Gasteiger partial charge in [-0.25, -0.2) is 0 Å². The Kier molecular flexibility index (Phi) is 13.5. The third kappa shape index (κ3) is 11.3. The first-order chi connectivity index (χ1) is 12.3. The molecule has 1 rings (SSSR count). The Balaban J connectivity index is 2.00. The molecule has 0 bridgehead atoms. The SMILES string of the molecule is CCCCCCCCCCCCCN(C)c1ccc(CCCC)cc1. The van der Waals surface area contributed by atoms with E-state index in [2.05, 4.69) is 50.1 Å². The van der Waals surface area contributed by atoms with Crippen LogP contribution in [0.1, 0.15) is 103 Å². The van der Waals surface area contributed by atoms with Crippen LogP contribution in [0.2, 0.25) is 0 Å². The van der Waals surface area contributed by atoms with E-state index in [1.54, 1.807) is 0 Å². The number of anilines is 1. The largest absolute Gasteiger partial charge is 0.375 e. The summed E-state index contributed by atoms with van der Waals surface area (Å²) in [6.07, 6.45) is 19.4. The lowest BCUT2D eigenvalue weighted by atomic mass is 10.1. The van der Waals surface area contributed by atoms with Crippen molar-refractivity contribution in [1.82, 2.24) is 0 Å². The van der Waals surface area contributed by atoms with Gasteiger partial charge in [0.1, 0.15) is 0 Å². The van der Waals surface area contributed by atoms with Crippen molar-refractivity contribution in [1.29, 1.82) is 0 Å². The molecule has 25 heavy (non-hydrogen) atoms.